The Balaban J connectivity index is 2.45. The molecule has 0 aliphatic carbocycles. The van der Waals surface area contributed by atoms with Gasteiger partial charge in [-0.25, -0.2) is 13.2 Å². The molecule has 1 amide bonds. The van der Waals surface area contributed by atoms with E-state index in [0.717, 1.165) is 23.9 Å². The number of benzene rings is 2. The van der Waals surface area contributed by atoms with Gasteiger partial charge in [-0.2, -0.15) is 0 Å². The lowest BCUT2D eigenvalue weighted by molar-refractivity contribution is 0.0693. The van der Waals surface area contributed by atoms with E-state index in [4.69, 9.17) is 5.11 Å². The third kappa shape index (κ3) is 4.72. The number of phenols is 1. The summed E-state index contributed by atoms with van der Waals surface area (Å²) in [7, 11) is -1.00. The molecule has 2 aromatic carbocycles. The maximum absolute atomic E-state index is 12.8. The van der Waals surface area contributed by atoms with Gasteiger partial charge in [-0.3, -0.25) is 9.52 Å². The predicted molar refractivity (Wildman–Crippen MR) is 102 cm³/mol. The number of hydrogen-bond donors (Lipinski definition) is 3. The van der Waals surface area contributed by atoms with Crippen LogP contribution in [0.3, 0.4) is 0 Å². The summed E-state index contributed by atoms with van der Waals surface area (Å²) in [4.78, 5) is 24.6. The van der Waals surface area contributed by atoms with Gasteiger partial charge in [0.2, 0.25) is 0 Å². The van der Waals surface area contributed by atoms with Gasteiger partial charge in [-0.15, -0.1) is 0 Å². The molecule has 2 rings (SSSR count). The number of carboxylic acid groups (broad SMARTS) is 1. The van der Waals surface area contributed by atoms with E-state index in [1.165, 1.54) is 17.9 Å². The summed E-state index contributed by atoms with van der Waals surface area (Å²) in [6.45, 7) is 1.44. The van der Waals surface area contributed by atoms with E-state index >= 15 is 0 Å². The minimum atomic E-state index is -4.16. The number of aromatic hydroxyl groups is 1. The van der Waals surface area contributed by atoms with Gasteiger partial charge in [0, 0.05) is 19.0 Å². The second-order valence-corrected chi connectivity index (χ2v) is 8.45. The summed E-state index contributed by atoms with van der Waals surface area (Å²) < 4.78 is 28.0. The van der Waals surface area contributed by atoms with Crippen LogP contribution in [0.15, 0.2) is 46.2 Å². The van der Waals surface area contributed by atoms with E-state index in [-0.39, 0.29) is 21.4 Å². The smallest absolute Gasteiger partial charge is 0.339 e. The highest BCUT2D eigenvalue weighted by molar-refractivity contribution is 8.13. The number of nitrogens with zero attached hydrogens (tertiary/aromatic N) is 1. The Kier molecular flexibility index (Phi) is 6.01. The minimum Gasteiger partial charge on any atom is -0.507 e. The average molecular weight is 410 g/mol. The van der Waals surface area contributed by atoms with E-state index in [1.807, 2.05) is 0 Å². The van der Waals surface area contributed by atoms with Crippen molar-refractivity contribution in [2.45, 2.75) is 16.7 Å². The van der Waals surface area contributed by atoms with Crippen molar-refractivity contribution in [1.29, 1.82) is 0 Å². The molecule has 27 heavy (non-hydrogen) atoms. The molecule has 0 aliphatic heterocycles. The number of amides is 1. The van der Waals surface area contributed by atoms with Gasteiger partial charge in [0.25, 0.3) is 15.3 Å². The number of carboxylic acids is 1. The van der Waals surface area contributed by atoms with Crippen molar-refractivity contribution in [1.82, 2.24) is 4.90 Å². The van der Waals surface area contributed by atoms with Crippen LogP contribution in [0.25, 0.3) is 0 Å². The Hall–Kier alpha value is -2.72. The van der Waals surface area contributed by atoms with E-state index in [9.17, 15) is 23.1 Å². The number of rotatable bonds is 5. The zero-order chi connectivity index (χ0) is 20.4. The van der Waals surface area contributed by atoms with Crippen molar-refractivity contribution < 1.29 is 28.2 Å². The molecule has 0 unspecified atom stereocenters. The lowest BCUT2D eigenvalue weighted by Gasteiger charge is -2.15. The van der Waals surface area contributed by atoms with Gasteiger partial charge in [-0.1, -0.05) is 12.1 Å². The van der Waals surface area contributed by atoms with Crippen LogP contribution in [0.1, 0.15) is 15.9 Å². The molecule has 0 aromatic heterocycles. The van der Waals surface area contributed by atoms with Crippen LogP contribution >= 0.6 is 11.8 Å². The summed E-state index contributed by atoms with van der Waals surface area (Å²) in [6, 6.07) is 8.34. The molecule has 0 heterocycles. The van der Waals surface area contributed by atoms with Crippen LogP contribution in [0, 0.1) is 6.92 Å². The monoisotopic (exact) mass is 410 g/mol. The van der Waals surface area contributed by atoms with Crippen molar-refractivity contribution in [3.05, 3.63) is 47.5 Å². The van der Waals surface area contributed by atoms with Crippen molar-refractivity contribution >= 4 is 38.7 Å². The molecule has 0 fully saturated rings. The number of carbonyl (C=O) groups excluding carboxylic acids is 1. The van der Waals surface area contributed by atoms with Crippen molar-refractivity contribution in [2.75, 3.05) is 18.8 Å². The minimum absolute atomic E-state index is 0.180. The Bertz CT molecular complexity index is 1000. The summed E-state index contributed by atoms with van der Waals surface area (Å²) in [6.07, 6.45) is 0. The average Bonchev–Trinajstić information content (AvgIpc) is 2.55. The Morgan fingerprint density at radius 1 is 1.15 bits per heavy atom. The zero-order valence-corrected chi connectivity index (χ0v) is 16.4. The van der Waals surface area contributed by atoms with E-state index in [2.05, 4.69) is 4.72 Å². The van der Waals surface area contributed by atoms with Gasteiger partial charge >= 0.3 is 5.97 Å². The fourth-order valence-electron chi connectivity index (χ4n) is 2.16. The van der Waals surface area contributed by atoms with Gasteiger partial charge in [0.15, 0.2) is 0 Å². The van der Waals surface area contributed by atoms with Gasteiger partial charge in [0.05, 0.1) is 10.6 Å². The van der Waals surface area contributed by atoms with Crippen molar-refractivity contribution in [3.63, 3.8) is 0 Å². The van der Waals surface area contributed by atoms with Crippen LogP contribution in [0.4, 0.5) is 10.5 Å². The van der Waals surface area contributed by atoms with E-state index in [1.54, 1.807) is 32.3 Å². The molecule has 10 heteroatoms. The Labute approximate surface area is 160 Å². The van der Waals surface area contributed by atoms with Gasteiger partial charge in [-0.05, 0) is 48.5 Å². The first-order valence-electron chi connectivity index (χ1n) is 7.61. The first kappa shape index (κ1) is 20.6. The van der Waals surface area contributed by atoms with Crippen molar-refractivity contribution in [3.8, 4) is 5.75 Å². The summed E-state index contributed by atoms with van der Waals surface area (Å²) in [5, 5.41) is 18.5. The van der Waals surface area contributed by atoms with Crippen LogP contribution in [0.5, 0.6) is 5.75 Å². The zero-order valence-electron chi connectivity index (χ0n) is 14.8. The highest BCUT2D eigenvalue weighted by atomic mass is 32.2. The molecule has 0 saturated heterocycles. The first-order chi connectivity index (χ1) is 12.5. The second-order valence-electron chi connectivity index (χ2n) is 5.80. The van der Waals surface area contributed by atoms with E-state index in [0.29, 0.717) is 4.90 Å². The SMILES string of the molecule is Cc1cc(O)c(C(=O)O)cc1S(=O)(=O)Nc1ccccc1SC(=O)N(C)C. The Morgan fingerprint density at radius 2 is 1.78 bits per heavy atom. The first-order valence-corrected chi connectivity index (χ1v) is 9.91. The number of para-hydroxylation sites is 1. The maximum Gasteiger partial charge on any atom is 0.339 e. The lowest BCUT2D eigenvalue weighted by atomic mass is 10.1. The predicted octanol–water partition coefficient (Wildman–Crippen LogP) is 2.97. The third-order valence-corrected chi connectivity index (χ3v) is 6.13. The molecule has 2 aromatic rings. The molecular weight excluding hydrogens is 392 g/mol. The lowest BCUT2D eigenvalue weighted by Crippen LogP contribution is -2.18. The number of thioether (sulfide) groups is 1. The maximum atomic E-state index is 12.8. The second kappa shape index (κ2) is 7.89. The fourth-order valence-corrected chi connectivity index (χ4v) is 4.30. The highest BCUT2D eigenvalue weighted by Gasteiger charge is 2.23. The van der Waals surface area contributed by atoms with Crippen molar-refractivity contribution in [2.24, 2.45) is 0 Å². The van der Waals surface area contributed by atoms with Crippen LogP contribution < -0.4 is 4.72 Å². The number of nitrogens with one attached hydrogen (secondary N) is 1. The fraction of sp³-hybridized carbons (Fsp3) is 0.176. The normalized spacial score (nSPS) is 11.1. The van der Waals surface area contributed by atoms with Gasteiger partial charge < -0.3 is 15.1 Å². The number of aryl methyl sites for hydroxylation is 1. The molecular formula is C17H18N2O6S2. The van der Waals surface area contributed by atoms with Gasteiger partial charge in [0.1, 0.15) is 11.3 Å². The molecule has 8 nitrogen and oxygen atoms in total. The summed E-state index contributed by atoms with van der Waals surface area (Å²) in [5.41, 5.74) is -0.159. The van der Waals surface area contributed by atoms with E-state index < -0.39 is 27.3 Å². The Morgan fingerprint density at radius 3 is 2.37 bits per heavy atom. The topological polar surface area (TPSA) is 124 Å². The number of carbonyl (C=O) groups is 2. The number of aromatic carboxylic acids is 1. The molecule has 0 saturated carbocycles. The number of anilines is 1. The largest absolute Gasteiger partial charge is 0.507 e. The summed E-state index contributed by atoms with van der Waals surface area (Å²) >= 11 is 0.855. The number of sulfonamides is 1. The summed E-state index contributed by atoms with van der Waals surface area (Å²) in [5.74, 6) is -1.97. The van der Waals surface area contributed by atoms with Crippen LogP contribution in [0.2, 0.25) is 0 Å². The standard InChI is InChI=1S/C17H18N2O6S2/c1-10-8-13(20)11(16(21)22)9-15(10)27(24,25)18-12-6-4-5-7-14(12)26-17(23)19(2)3/h4-9,18,20H,1-3H3,(H,21,22). The number of hydrogen-bond acceptors (Lipinski definition) is 6. The third-order valence-electron chi connectivity index (χ3n) is 3.51. The van der Waals surface area contributed by atoms with Crippen LogP contribution in [-0.4, -0.2) is 48.8 Å². The molecule has 0 atom stereocenters. The molecule has 0 bridgehead atoms. The molecule has 144 valence electrons. The van der Waals surface area contributed by atoms with Crippen LogP contribution in [-0.2, 0) is 10.0 Å². The molecule has 0 spiro atoms. The highest BCUT2D eigenvalue weighted by Crippen LogP contribution is 2.32. The molecule has 0 radical (unpaired) electrons. The molecule has 3 N–H and O–H groups in total. The quantitative estimate of drug-likeness (QED) is 0.647. The molecule has 0 aliphatic rings.